The molecule has 4 heteroatoms. The predicted molar refractivity (Wildman–Crippen MR) is 69.0 cm³/mol. The van der Waals surface area contributed by atoms with Crippen LogP contribution >= 0.6 is 11.3 Å². The van der Waals surface area contributed by atoms with Gasteiger partial charge in [0.2, 0.25) is 0 Å². The third-order valence-corrected chi connectivity index (χ3v) is 4.33. The van der Waals surface area contributed by atoms with E-state index in [0.29, 0.717) is 5.92 Å². The molecule has 2 unspecified atom stereocenters. The highest BCUT2D eigenvalue weighted by molar-refractivity contribution is 7.09. The molecule has 0 bridgehead atoms. The lowest BCUT2D eigenvalue weighted by Gasteiger charge is -2.28. The first-order chi connectivity index (χ1) is 8.36. The highest BCUT2D eigenvalue weighted by Gasteiger charge is 2.28. The van der Waals surface area contributed by atoms with Gasteiger partial charge in [-0.25, -0.2) is 0 Å². The number of nitrogens with zero attached hydrogens (tertiary/aromatic N) is 2. The van der Waals surface area contributed by atoms with Gasteiger partial charge in [0.15, 0.2) is 0 Å². The Morgan fingerprint density at radius 2 is 2.41 bits per heavy atom. The van der Waals surface area contributed by atoms with Gasteiger partial charge in [0, 0.05) is 34.9 Å². The summed E-state index contributed by atoms with van der Waals surface area (Å²) >= 11 is 1.64. The number of rotatable bonds is 2. The average molecular weight is 245 g/mol. The maximum Gasteiger partial charge on any atom is 0.0794 e. The van der Waals surface area contributed by atoms with E-state index in [1.165, 1.54) is 17.7 Å². The zero-order chi connectivity index (χ0) is 11.7. The minimum Gasteiger partial charge on any atom is -0.323 e. The summed E-state index contributed by atoms with van der Waals surface area (Å²) in [6.45, 7) is 0. The molecule has 17 heavy (non-hydrogen) atoms. The molecule has 1 aliphatic carbocycles. The molecular formula is C13H15N3S. The number of hydrogen-bond donors (Lipinski definition) is 1. The highest BCUT2D eigenvalue weighted by atomic mass is 32.1. The summed E-state index contributed by atoms with van der Waals surface area (Å²) in [6, 6.07) is 4.23. The SMILES string of the molecule is NC(c1cncs1)C1CCCc2cccnc21. The van der Waals surface area contributed by atoms with Gasteiger partial charge in [0.25, 0.3) is 0 Å². The van der Waals surface area contributed by atoms with Crippen molar-refractivity contribution in [1.82, 2.24) is 9.97 Å². The number of thiazole rings is 1. The number of pyridine rings is 1. The van der Waals surface area contributed by atoms with Crippen molar-refractivity contribution in [2.75, 3.05) is 0 Å². The number of hydrogen-bond acceptors (Lipinski definition) is 4. The molecule has 0 aliphatic heterocycles. The Hall–Kier alpha value is -1.26. The van der Waals surface area contributed by atoms with Gasteiger partial charge >= 0.3 is 0 Å². The molecule has 3 rings (SSSR count). The maximum absolute atomic E-state index is 6.36. The van der Waals surface area contributed by atoms with Gasteiger partial charge in [-0.2, -0.15) is 0 Å². The normalized spacial score (nSPS) is 20.9. The first kappa shape index (κ1) is 10.9. The van der Waals surface area contributed by atoms with Crippen molar-refractivity contribution in [2.24, 2.45) is 5.73 Å². The van der Waals surface area contributed by atoms with E-state index < -0.39 is 0 Å². The number of nitrogens with two attached hydrogens (primary N) is 1. The van der Waals surface area contributed by atoms with E-state index in [1.807, 2.05) is 24.0 Å². The van der Waals surface area contributed by atoms with Crippen LogP contribution in [0.3, 0.4) is 0 Å². The molecule has 0 radical (unpaired) electrons. The van der Waals surface area contributed by atoms with Crippen LogP contribution in [0.25, 0.3) is 0 Å². The van der Waals surface area contributed by atoms with Gasteiger partial charge in [-0.1, -0.05) is 6.07 Å². The molecule has 0 saturated heterocycles. The fourth-order valence-electron chi connectivity index (χ4n) is 2.58. The minimum absolute atomic E-state index is 0.0384. The fraction of sp³-hybridized carbons (Fsp3) is 0.385. The molecule has 0 fully saturated rings. The Morgan fingerprint density at radius 1 is 1.47 bits per heavy atom. The molecule has 88 valence electrons. The van der Waals surface area contributed by atoms with Crippen molar-refractivity contribution in [3.05, 3.63) is 46.2 Å². The van der Waals surface area contributed by atoms with Crippen molar-refractivity contribution in [3.8, 4) is 0 Å². The zero-order valence-corrected chi connectivity index (χ0v) is 10.4. The second kappa shape index (κ2) is 4.55. The van der Waals surface area contributed by atoms with Crippen LogP contribution in [0.15, 0.2) is 30.0 Å². The van der Waals surface area contributed by atoms with E-state index in [4.69, 9.17) is 5.73 Å². The summed E-state index contributed by atoms with van der Waals surface area (Å²) in [5, 5.41) is 0. The summed E-state index contributed by atoms with van der Waals surface area (Å²) in [5.74, 6) is 0.348. The van der Waals surface area contributed by atoms with Crippen molar-refractivity contribution in [1.29, 1.82) is 0 Å². The van der Waals surface area contributed by atoms with Gasteiger partial charge < -0.3 is 5.73 Å². The van der Waals surface area contributed by atoms with Crippen LogP contribution in [0.5, 0.6) is 0 Å². The van der Waals surface area contributed by atoms with Gasteiger partial charge in [-0.05, 0) is 30.9 Å². The lowest BCUT2D eigenvalue weighted by molar-refractivity contribution is 0.467. The van der Waals surface area contributed by atoms with Gasteiger partial charge in [0.05, 0.1) is 5.51 Å². The summed E-state index contributed by atoms with van der Waals surface area (Å²) in [6.07, 6.45) is 7.22. The summed E-state index contributed by atoms with van der Waals surface area (Å²) in [4.78, 5) is 9.81. The maximum atomic E-state index is 6.36. The largest absolute Gasteiger partial charge is 0.323 e. The average Bonchev–Trinajstić information content (AvgIpc) is 2.91. The van der Waals surface area contributed by atoms with Crippen LogP contribution < -0.4 is 5.73 Å². The van der Waals surface area contributed by atoms with E-state index in [0.717, 1.165) is 17.7 Å². The Labute approximate surface area is 105 Å². The van der Waals surface area contributed by atoms with Crippen LogP contribution in [-0.2, 0) is 6.42 Å². The minimum atomic E-state index is 0.0384. The van der Waals surface area contributed by atoms with Crippen LogP contribution in [0.1, 0.15) is 40.9 Å². The van der Waals surface area contributed by atoms with Crippen LogP contribution in [0.2, 0.25) is 0 Å². The second-order valence-electron chi connectivity index (χ2n) is 4.48. The number of aryl methyl sites for hydroxylation is 1. The Morgan fingerprint density at radius 3 is 3.24 bits per heavy atom. The van der Waals surface area contributed by atoms with Crippen molar-refractivity contribution in [2.45, 2.75) is 31.2 Å². The summed E-state index contributed by atoms with van der Waals surface area (Å²) < 4.78 is 0. The van der Waals surface area contributed by atoms with Crippen LogP contribution in [-0.4, -0.2) is 9.97 Å². The first-order valence-corrected chi connectivity index (χ1v) is 6.82. The molecule has 2 aromatic rings. The second-order valence-corrected chi connectivity index (χ2v) is 5.39. The standard InChI is InChI=1S/C13H15N3S/c14-12(11-7-15-8-17-11)10-5-1-3-9-4-2-6-16-13(9)10/h2,4,6-8,10,12H,1,3,5,14H2. The third kappa shape index (κ3) is 1.98. The van der Waals surface area contributed by atoms with Crippen LogP contribution in [0, 0.1) is 0 Å². The van der Waals surface area contributed by atoms with Gasteiger partial charge in [0.1, 0.15) is 0 Å². The van der Waals surface area contributed by atoms with E-state index in [-0.39, 0.29) is 6.04 Å². The number of fused-ring (bicyclic) bond motifs is 1. The molecule has 3 nitrogen and oxygen atoms in total. The molecule has 2 N–H and O–H groups in total. The number of aromatic nitrogens is 2. The van der Waals surface area contributed by atoms with E-state index in [2.05, 4.69) is 16.0 Å². The molecule has 0 spiro atoms. The lowest BCUT2D eigenvalue weighted by Crippen LogP contribution is -2.23. The molecule has 0 aromatic carbocycles. The molecule has 2 aromatic heterocycles. The fourth-order valence-corrected chi connectivity index (χ4v) is 3.27. The van der Waals surface area contributed by atoms with Crippen molar-refractivity contribution >= 4 is 11.3 Å². The highest BCUT2D eigenvalue weighted by Crippen LogP contribution is 2.38. The zero-order valence-electron chi connectivity index (χ0n) is 9.54. The smallest absolute Gasteiger partial charge is 0.0794 e. The Balaban J connectivity index is 1.95. The first-order valence-electron chi connectivity index (χ1n) is 5.94. The van der Waals surface area contributed by atoms with E-state index in [1.54, 1.807) is 11.3 Å². The molecular weight excluding hydrogens is 230 g/mol. The molecule has 2 heterocycles. The quantitative estimate of drug-likeness (QED) is 0.885. The lowest BCUT2D eigenvalue weighted by atomic mass is 9.82. The molecule has 2 atom stereocenters. The van der Waals surface area contributed by atoms with E-state index >= 15 is 0 Å². The van der Waals surface area contributed by atoms with E-state index in [9.17, 15) is 0 Å². The molecule has 0 amide bonds. The van der Waals surface area contributed by atoms with Gasteiger partial charge in [-0.15, -0.1) is 11.3 Å². The summed E-state index contributed by atoms with van der Waals surface area (Å²) in [7, 11) is 0. The topological polar surface area (TPSA) is 51.8 Å². The third-order valence-electron chi connectivity index (χ3n) is 3.45. The van der Waals surface area contributed by atoms with Crippen molar-refractivity contribution in [3.63, 3.8) is 0 Å². The van der Waals surface area contributed by atoms with Gasteiger partial charge in [-0.3, -0.25) is 9.97 Å². The monoisotopic (exact) mass is 245 g/mol. The predicted octanol–water partition coefficient (Wildman–Crippen LogP) is 2.66. The molecule has 1 aliphatic rings. The van der Waals surface area contributed by atoms with Crippen LogP contribution in [0.4, 0.5) is 0 Å². The Kier molecular flexibility index (Phi) is 2.91. The summed E-state index contributed by atoms with van der Waals surface area (Å²) in [5.41, 5.74) is 10.8. The molecule has 0 saturated carbocycles. The van der Waals surface area contributed by atoms with Crippen molar-refractivity contribution < 1.29 is 0 Å². The Bertz CT molecular complexity index is 495.